The summed E-state index contributed by atoms with van der Waals surface area (Å²) in [6, 6.07) is 3.26. The van der Waals surface area contributed by atoms with Crippen LogP contribution in [-0.4, -0.2) is 43.3 Å². The van der Waals surface area contributed by atoms with Crippen molar-refractivity contribution >= 4 is 27.0 Å². The second-order valence-electron chi connectivity index (χ2n) is 6.55. The van der Waals surface area contributed by atoms with Crippen LogP contribution in [0.3, 0.4) is 0 Å². The molecule has 1 fully saturated rings. The van der Waals surface area contributed by atoms with Gasteiger partial charge in [-0.2, -0.15) is 4.72 Å². The van der Waals surface area contributed by atoms with Crippen LogP contribution in [0.2, 0.25) is 0 Å². The van der Waals surface area contributed by atoms with Gasteiger partial charge in [0.25, 0.3) is 0 Å². The zero-order valence-corrected chi connectivity index (χ0v) is 14.9. The largest absolute Gasteiger partial charge is 0.417 e. The first kappa shape index (κ1) is 17.7. The number of carbonyl (C=O) groups excluding carboxylic acids is 1. The molecule has 1 aromatic heterocycles. The highest BCUT2D eigenvalue weighted by Gasteiger charge is 2.32. The fourth-order valence-corrected chi connectivity index (χ4v) is 4.29. The fourth-order valence-electron chi connectivity index (χ4n) is 2.93. The van der Waals surface area contributed by atoms with Gasteiger partial charge in [0.05, 0.1) is 10.4 Å². The standard InChI is InChI=1S/C16H21N3O5S/c1-10(2)14(15(20)19-7-3-4-8-19)18-25(22,23)11-5-6-12-13(9-11)24-16(21)17-12/h5-6,9-10,14,18H,3-4,7-8H2,1-2H3,(H,17,21)/t14-/m1/s1. The molecule has 136 valence electrons. The molecule has 1 saturated heterocycles. The summed E-state index contributed by atoms with van der Waals surface area (Å²) in [7, 11) is -3.93. The van der Waals surface area contributed by atoms with Crippen LogP contribution in [-0.2, 0) is 14.8 Å². The molecule has 25 heavy (non-hydrogen) atoms. The number of amides is 1. The van der Waals surface area contributed by atoms with E-state index in [1.165, 1.54) is 18.2 Å². The second-order valence-corrected chi connectivity index (χ2v) is 8.26. The second kappa shape index (κ2) is 6.64. The van der Waals surface area contributed by atoms with E-state index in [4.69, 9.17) is 4.42 Å². The molecule has 0 saturated carbocycles. The Morgan fingerprint density at radius 3 is 2.60 bits per heavy atom. The number of sulfonamides is 1. The van der Waals surface area contributed by atoms with E-state index >= 15 is 0 Å². The third-order valence-electron chi connectivity index (χ3n) is 4.34. The Kier molecular flexibility index (Phi) is 4.70. The molecule has 1 aromatic carbocycles. The number of hydrogen-bond acceptors (Lipinski definition) is 5. The van der Waals surface area contributed by atoms with E-state index < -0.39 is 21.8 Å². The predicted octanol–water partition coefficient (Wildman–Crippen LogP) is 1.05. The summed E-state index contributed by atoms with van der Waals surface area (Å²) >= 11 is 0. The van der Waals surface area contributed by atoms with Gasteiger partial charge in [-0.15, -0.1) is 0 Å². The molecule has 1 aliphatic rings. The molecule has 1 aliphatic heterocycles. The number of nitrogens with zero attached hydrogens (tertiary/aromatic N) is 1. The molecular formula is C16H21N3O5S. The number of aromatic nitrogens is 1. The minimum absolute atomic E-state index is 0.0531. The summed E-state index contributed by atoms with van der Waals surface area (Å²) in [6.45, 7) is 4.92. The van der Waals surface area contributed by atoms with Crippen molar-refractivity contribution in [3.8, 4) is 0 Å². The third kappa shape index (κ3) is 3.62. The van der Waals surface area contributed by atoms with Crippen LogP contribution in [0.4, 0.5) is 0 Å². The van der Waals surface area contributed by atoms with Gasteiger partial charge in [-0.05, 0) is 30.9 Å². The number of H-pyrrole nitrogens is 1. The van der Waals surface area contributed by atoms with Gasteiger partial charge in [0, 0.05) is 19.2 Å². The fraction of sp³-hybridized carbons (Fsp3) is 0.500. The van der Waals surface area contributed by atoms with Crippen LogP contribution in [0, 0.1) is 5.92 Å². The van der Waals surface area contributed by atoms with Crippen molar-refractivity contribution in [3.05, 3.63) is 28.7 Å². The number of benzene rings is 1. The maximum absolute atomic E-state index is 12.7. The average Bonchev–Trinajstić information content (AvgIpc) is 3.19. The third-order valence-corrected chi connectivity index (χ3v) is 5.77. The van der Waals surface area contributed by atoms with Gasteiger partial charge in [0.2, 0.25) is 15.9 Å². The van der Waals surface area contributed by atoms with Crippen molar-refractivity contribution in [2.24, 2.45) is 5.92 Å². The lowest BCUT2D eigenvalue weighted by Crippen LogP contribution is -2.50. The van der Waals surface area contributed by atoms with E-state index in [0.29, 0.717) is 18.6 Å². The van der Waals surface area contributed by atoms with Crippen molar-refractivity contribution in [2.45, 2.75) is 37.6 Å². The lowest BCUT2D eigenvalue weighted by Gasteiger charge is -2.26. The van der Waals surface area contributed by atoms with Crippen molar-refractivity contribution in [2.75, 3.05) is 13.1 Å². The van der Waals surface area contributed by atoms with Crippen molar-refractivity contribution in [3.63, 3.8) is 0 Å². The van der Waals surface area contributed by atoms with E-state index in [1.54, 1.807) is 18.7 Å². The maximum Gasteiger partial charge on any atom is 0.417 e. The summed E-state index contributed by atoms with van der Waals surface area (Å²) in [4.78, 5) is 28.0. The molecule has 1 atom stereocenters. The molecule has 0 aliphatic carbocycles. The van der Waals surface area contributed by atoms with Gasteiger partial charge >= 0.3 is 5.76 Å². The van der Waals surface area contributed by atoms with Gasteiger partial charge in [-0.1, -0.05) is 13.8 Å². The minimum Gasteiger partial charge on any atom is -0.408 e. The van der Waals surface area contributed by atoms with Gasteiger partial charge in [0.1, 0.15) is 6.04 Å². The minimum atomic E-state index is -3.93. The summed E-state index contributed by atoms with van der Waals surface area (Å²) in [5.41, 5.74) is 0.567. The SMILES string of the molecule is CC(C)[C@@H](NS(=O)(=O)c1ccc2[nH]c(=O)oc2c1)C(=O)N1CCCC1. The molecule has 2 heterocycles. The van der Waals surface area contributed by atoms with Crippen LogP contribution in [0.5, 0.6) is 0 Å². The summed E-state index contributed by atoms with van der Waals surface area (Å²) in [5.74, 6) is -1.05. The zero-order valence-electron chi connectivity index (χ0n) is 14.1. The first-order valence-corrected chi connectivity index (χ1v) is 9.70. The smallest absolute Gasteiger partial charge is 0.408 e. The Morgan fingerprint density at radius 2 is 1.96 bits per heavy atom. The zero-order chi connectivity index (χ0) is 18.2. The normalized spacial score (nSPS) is 16.7. The van der Waals surface area contributed by atoms with E-state index in [-0.39, 0.29) is 22.3 Å². The monoisotopic (exact) mass is 367 g/mol. The predicted molar refractivity (Wildman–Crippen MR) is 91.6 cm³/mol. The molecule has 8 nitrogen and oxygen atoms in total. The Labute approximate surface area is 145 Å². The number of oxazole rings is 1. The van der Waals surface area contributed by atoms with Gasteiger partial charge < -0.3 is 9.32 Å². The van der Waals surface area contributed by atoms with Crippen LogP contribution in [0.15, 0.2) is 32.3 Å². The number of likely N-dealkylation sites (tertiary alicyclic amines) is 1. The van der Waals surface area contributed by atoms with Crippen LogP contribution in [0.1, 0.15) is 26.7 Å². The molecular weight excluding hydrogens is 346 g/mol. The highest BCUT2D eigenvalue weighted by Crippen LogP contribution is 2.19. The number of fused-ring (bicyclic) bond motifs is 1. The molecule has 2 aromatic rings. The lowest BCUT2D eigenvalue weighted by atomic mass is 10.0. The summed E-state index contributed by atoms with van der Waals surface area (Å²) < 4.78 is 32.8. The van der Waals surface area contributed by atoms with E-state index in [9.17, 15) is 18.0 Å². The maximum atomic E-state index is 12.7. The van der Waals surface area contributed by atoms with Crippen LogP contribution >= 0.6 is 0 Å². The summed E-state index contributed by atoms with van der Waals surface area (Å²) in [6.07, 6.45) is 1.87. The van der Waals surface area contributed by atoms with E-state index in [1.807, 2.05) is 0 Å². The van der Waals surface area contributed by atoms with Gasteiger partial charge in [0.15, 0.2) is 5.58 Å². The van der Waals surface area contributed by atoms with Crippen LogP contribution < -0.4 is 10.5 Å². The summed E-state index contributed by atoms with van der Waals surface area (Å²) in [5, 5.41) is 0. The van der Waals surface area contributed by atoms with E-state index in [0.717, 1.165) is 12.8 Å². The van der Waals surface area contributed by atoms with Crippen molar-refractivity contribution in [1.29, 1.82) is 0 Å². The Bertz CT molecular complexity index is 938. The molecule has 2 N–H and O–H groups in total. The quantitative estimate of drug-likeness (QED) is 0.820. The first-order chi connectivity index (χ1) is 11.8. The highest BCUT2D eigenvalue weighted by molar-refractivity contribution is 7.89. The molecule has 1 amide bonds. The highest BCUT2D eigenvalue weighted by atomic mass is 32.2. The van der Waals surface area contributed by atoms with Gasteiger partial charge in [-0.3, -0.25) is 9.78 Å². The first-order valence-electron chi connectivity index (χ1n) is 8.22. The number of carbonyl (C=O) groups is 1. The molecule has 9 heteroatoms. The van der Waals surface area contributed by atoms with Gasteiger partial charge in [-0.25, -0.2) is 13.2 Å². The Morgan fingerprint density at radius 1 is 1.28 bits per heavy atom. The average molecular weight is 367 g/mol. The van der Waals surface area contributed by atoms with Crippen molar-refractivity contribution < 1.29 is 17.6 Å². The molecule has 0 bridgehead atoms. The van der Waals surface area contributed by atoms with Crippen molar-refractivity contribution in [1.82, 2.24) is 14.6 Å². The molecule has 0 spiro atoms. The number of nitrogens with one attached hydrogen (secondary N) is 2. The number of rotatable bonds is 5. The molecule has 3 rings (SSSR count). The molecule has 0 radical (unpaired) electrons. The Hall–Kier alpha value is -2.13. The number of hydrogen-bond donors (Lipinski definition) is 2. The Balaban J connectivity index is 1.88. The number of aromatic amines is 1. The molecule has 0 unspecified atom stereocenters. The topological polar surface area (TPSA) is 112 Å². The van der Waals surface area contributed by atoms with Crippen LogP contribution in [0.25, 0.3) is 11.1 Å². The van der Waals surface area contributed by atoms with E-state index in [2.05, 4.69) is 9.71 Å². The lowest BCUT2D eigenvalue weighted by molar-refractivity contribution is -0.132.